The van der Waals surface area contributed by atoms with Crippen LogP contribution < -0.4 is 0 Å². The van der Waals surface area contributed by atoms with Gasteiger partial charge in [0.05, 0.1) is 16.3 Å². The molecule has 0 saturated heterocycles. The molecule has 2 aromatic carbocycles. The molecule has 0 atom stereocenters. The van der Waals surface area contributed by atoms with Crippen molar-refractivity contribution in [3.63, 3.8) is 0 Å². The fourth-order valence-corrected chi connectivity index (χ4v) is 3.59. The van der Waals surface area contributed by atoms with Crippen LogP contribution in [-0.2, 0) is 0 Å². The fourth-order valence-electron chi connectivity index (χ4n) is 2.71. The zero-order valence-corrected chi connectivity index (χ0v) is 13.6. The lowest BCUT2D eigenvalue weighted by Crippen LogP contribution is -1.98. The van der Waals surface area contributed by atoms with Gasteiger partial charge in [-0.25, -0.2) is 4.68 Å². The van der Waals surface area contributed by atoms with Crippen LogP contribution in [0.2, 0.25) is 0 Å². The highest BCUT2D eigenvalue weighted by Gasteiger charge is 2.14. The number of hydrogen-bond donors (Lipinski definition) is 0. The van der Waals surface area contributed by atoms with Crippen LogP contribution >= 0.6 is 11.3 Å². The topological polar surface area (TPSA) is 17.8 Å². The molecule has 0 aliphatic rings. The van der Waals surface area contributed by atoms with Crippen molar-refractivity contribution in [1.82, 2.24) is 9.78 Å². The van der Waals surface area contributed by atoms with E-state index in [0.717, 1.165) is 17.1 Å². The first-order valence-corrected chi connectivity index (χ1v) is 8.46. The molecule has 2 aromatic heterocycles. The second-order valence-corrected chi connectivity index (χ2v) is 6.38. The number of para-hydroxylation sites is 1. The smallest absolute Gasteiger partial charge is 0.104 e. The molecule has 0 bridgehead atoms. The average molecular weight is 316 g/mol. The predicted molar refractivity (Wildman–Crippen MR) is 97.1 cm³/mol. The predicted octanol–water partition coefficient (Wildman–Crippen LogP) is 5.58. The standard InChI is InChI=1S/C20H16N2S/c1-15-12-13-23-20(15)18-14-19(16-8-4-2-5-9-16)22(21-18)17-10-6-3-7-11-17/h2-14H,1H3. The number of aryl methyl sites for hydroxylation is 1. The Morgan fingerprint density at radius 2 is 1.57 bits per heavy atom. The molecule has 0 spiro atoms. The molecule has 4 rings (SSSR count). The van der Waals surface area contributed by atoms with Gasteiger partial charge in [-0.1, -0.05) is 48.5 Å². The van der Waals surface area contributed by atoms with Crippen molar-refractivity contribution in [3.05, 3.63) is 83.7 Å². The first-order valence-electron chi connectivity index (χ1n) is 7.58. The van der Waals surface area contributed by atoms with E-state index in [2.05, 4.69) is 60.8 Å². The van der Waals surface area contributed by atoms with Gasteiger partial charge in [0.15, 0.2) is 0 Å². The minimum atomic E-state index is 1.03. The van der Waals surface area contributed by atoms with E-state index in [4.69, 9.17) is 5.10 Å². The molecule has 0 fully saturated rings. The van der Waals surface area contributed by atoms with Gasteiger partial charge in [-0.3, -0.25) is 0 Å². The summed E-state index contributed by atoms with van der Waals surface area (Å²) in [6.07, 6.45) is 0. The van der Waals surface area contributed by atoms with Gasteiger partial charge in [-0.15, -0.1) is 11.3 Å². The lowest BCUT2D eigenvalue weighted by atomic mass is 10.1. The molecule has 0 unspecified atom stereocenters. The molecule has 0 amide bonds. The highest BCUT2D eigenvalue weighted by molar-refractivity contribution is 7.13. The van der Waals surface area contributed by atoms with Gasteiger partial charge >= 0.3 is 0 Å². The van der Waals surface area contributed by atoms with Crippen LogP contribution in [0.25, 0.3) is 27.5 Å². The third-order valence-electron chi connectivity index (χ3n) is 3.87. The maximum atomic E-state index is 4.89. The molecule has 23 heavy (non-hydrogen) atoms. The van der Waals surface area contributed by atoms with E-state index in [-0.39, 0.29) is 0 Å². The first-order chi connectivity index (χ1) is 11.3. The summed E-state index contributed by atoms with van der Waals surface area (Å²) in [5, 5.41) is 7.01. The SMILES string of the molecule is Cc1ccsc1-c1cc(-c2ccccc2)n(-c2ccccc2)n1. The van der Waals surface area contributed by atoms with Gasteiger partial charge in [0.25, 0.3) is 0 Å². The Hall–Kier alpha value is -2.65. The van der Waals surface area contributed by atoms with Gasteiger partial charge in [-0.05, 0) is 42.1 Å². The average Bonchev–Trinajstić information content (AvgIpc) is 3.22. The molecular formula is C20H16N2S. The van der Waals surface area contributed by atoms with Crippen molar-refractivity contribution in [2.24, 2.45) is 0 Å². The molecular weight excluding hydrogens is 300 g/mol. The van der Waals surface area contributed by atoms with Gasteiger partial charge in [0, 0.05) is 5.56 Å². The van der Waals surface area contributed by atoms with E-state index >= 15 is 0 Å². The van der Waals surface area contributed by atoms with Crippen LogP contribution in [0, 0.1) is 6.92 Å². The maximum Gasteiger partial charge on any atom is 0.104 e. The van der Waals surface area contributed by atoms with E-state index in [1.807, 2.05) is 28.9 Å². The summed E-state index contributed by atoms with van der Waals surface area (Å²) in [5.74, 6) is 0. The van der Waals surface area contributed by atoms with Crippen molar-refractivity contribution in [2.45, 2.75) is 6.92 Å². The Balaban J connectivity index is 1.93. The summed E-state index contributed by atoms with van der Waals surface area (Å²) in [4.78, 5) is 1.23. The van der Waals surface area contributed by atoms with Crippen molar-refractivity contribution >= 4 is 11.3 Å². The van der Waals surface area contributed by atoms with E-state index < -0.39 is 0 Å². The molecule has 4 aromatic rings. The maximum absolute atomic E-state index is 4.89. The van der Waals surface area contributed by atoms with Gasteiger partial charge in [-0.2, -0.15) is 5.10 Å². The Bertz CT molecular complexity index is 864. The van der Waals surface area contributed by atoms with E-state index in [9.17, 15) is 0 Å². The number of rotatable bonds is 3. The number of thiophene rings is 1. The number of benzene rings is 2. The summed E-state index contributed by atoms with van der Waals surface area (Å²) < 4.78 is 2.03. The van der Waals surface area contributed by atoms with E-state index in [1.165, 1.54) is 16.0 Å². The molecule has 0 N–H and O–H groups in total. The first kappa shape index (κ1) is 14.0. The van der Waals surface area contributed by atoms with Crippen LogP contribution in [0.3, 0.4) is 0 Å². The highest BCUT2D eigenvalue weighted by atomic mass is 32.1. The lowest BCUT2D eigenvalue weighted by molar-refractivity contribution is 0.892. The fraction of sp³-hybridized carbons (Fsp3) is 0.0500. The van der Waals surface area contributed by atoms with Crippen molar-refractivity contribution in [1.29, 1.82) is 0 Å². The molecule has 0 aliphatic carbocycles. The van der Waals surface area contributed by atoms with Crippen molar-refractivity contribution in [2.75, 3.05) is 0 Å². The van der Waals surface area contributed by atoms with Crippen LogP contribution in [-0.4, -0.2) is 9.78 Å². The Labute approximate surface area is 139 Å². The Kier molecular flexibility index (Phi) is 3.56. The summed E-state index contributed by atoms with van der Waals surface area (Å²) in [6.45, 7) is 2.13. The lowest BCUT2D eigenvalue weighted by Gasteiger charge is -2.07. The zero-order valence-electron chi connectivity index (χ0n) is 12.8. The molecule has 0 saturated carbocycles. The highest BCUT2D eigenvalue weighted by Crippen LogP contribution is 2.32. The van der Waals surface area contributed by atoms with Crippen molar-refractivity contribution in [3.8, 4) is 27.5 Å². The summed E-state index contributed by atoms with van der Waals surface area (Å²) in [6, 6.07) is 25.0. The summed E-state index contributed by atoms with van der Waals surface area (Å²) in [7, 11) is 0. The molecule has 0 aliphatic heterocycles. The van der Waals surface area contributed by atoms with Crippen LogP contribution in [0.15, 0.2) is 78.2 Å². The molecule has 0 radical (unpaired) electrons. The van der Waals surface area contributed by atoms with Crippen LogP contribution in [0.5, 0.6) is 0 Å². The van der Waals surface area contributed by atoms with E-state index in [0.29, 0.717) is 0 Å². The monoisotopic (exact) mass is 316 g/mol. The summed E-state index contributed by atoms with van der Waals surface area (Å²) >= 11 is 1.74. The van der Waals surface area contributed by atoms with Gasteiger partial charge < -0.3 is 0 Å². The normalized spacial score (nSPS) is 10.8. The molecule has 2 nitrogen and oxygen atoms in total. The largest absolute Gasteiger partial charge is 0.232 e. The second-order valence-electron chi connectivity index (χ2n) is 5.46. The van der Waals surface area contributed by atoms with E-state index in [1.54, 1.807) is 11.3 Å². The van der Waals surface area contributed by atoms with Crippen LogP contribution in [0.4, 0.5) is 0 Å². The third-order valence-corrected chi connectivity index (χ3v) is 4.91. The second kappa shape index (κ2) is 5.86. The van der Waals surface area contributed by atoms with Gasteiger partial charge in [0.1, 0.15) is 5.69 Å². The quantitative estimate of drug-likeness (QED) is 0.482. The Morgan fingerprint density at radius 3 is 2.22 bits per heavy atom. The Morgan fingerprint density at radius 1 is 0.870 bits per heavy atom. The third kappa shape index (κ3) is 2.60. The van der Waals surface area contributed by atoms with Crippen molar-refractivity contribution < 1.29 is 0 Å². The summed E-state index contributed by atoms with van der Waals surface area (Å²) in [5.41, 5.74) is 5.66. The minimum absolute atomic E-state index is 1.03. The zero-order chi connectivity index (χ0) is 15.6. The number of hydrogen-bond acceptors (Lipinski definition) is 2. The van der Waals surface area contributed by atoms with Gasteiger partial charge in [0.2, 0.25) is 0 Å². The molecule has 3 heteroatoms. The molecule has 2 heterocycles. The minimum Gasteiger partial charge on any atom is -0.232 e. The van der Waals surface area contributed by atoms with Crippen LogP contribution in [0.1, 0.15) is 5.56 Å². The molecule has 112 valence electrons. The number of nitrogens with zero attached hydrogens (tertiary/aromatic N) is 2. The number of aromatic nitrogens is 2.